The van der Waals surface area contributed by atoms with E-state index in [1.54, 1.807) is 0 Å². The summed E-state index contributed by atoms with van der Waals surface area (Å²) in [4.78, 5) is 25.5. The molecule has 0 saturated heterocycles. The summed E-state index contributed by atoms with van der Waals surface area (Å²) in [6, 6.07) is 6.76. The van der Waals surface area contributed by atoms with E-state index in [2.05, 4.69) is 25.4 Å². The monoisotopic (exact) mass is 555 g/mol. The summed E-state index contributed by atoms with van der Waals surface area (Å²) in [5.41, 5.74) is 5.28. The van der Waals surface area contributed by atoms with Gasteiger partial charge < -0.3 is 11.1 Å². The molecule has 0 fully saturated rings. The number of carbonyl (C=O) groups is 1. The number of hydrogen-bond donors (Lipinski definition) is 2. The second-order valence-corrected chi connectivity index (χ2v) is 9.23. The zero-order chi connectivity index (χ0) is 27.6. The van der Waals surface area contributed by atoms with Gasteiger partial charge in [0.05, 0.1) is 28.7 Å². The van der Waals surface area contributed by atoms with Gasteiger partial charge in [-0.05, 0) is 43.7 Å². The highest BCUT2D eigenvalue weighted by Gasteiger charge is 2.56. The summed E-state index contributed by atoms with van der Waals surface area (Å²) < 4.78 is 79.9. The molecule has 38 heavy (non-hydrogen) atoms. The second-order valence-electron chi connectivity index (χ2n) is 8.80. The van der Waals surface area contributed by atoms with Gasteiger partial charge in [-0.2, -0.15) is 41.7 Å². The first-order valence-electron chi connectivity index (χ1n) is 11.0. The predicted octanol–water partition coefficient (Wildman–Crippen LogP) is 4.97. The molecule has 1 unspecified atom stereocenters. The molecule has 5 rings (SSSR count). The number of pyridine rings is 1. The SMILES string of the molecule is CC1(c2ccc(F)cn2)C(=O)Nc2nc(-n3nc(CCC(F)(F)C(F)(F)F)c4cc(Cl)ccc43)nc(N)c21. The van der Waals surface area contributed by atoms with Crippen LogP contribution in [0.1, 0.15) is 30.3 Å². The molecule has 3 N–H and O–H groups in total. The number of rotatable bonds is 5. The number of nitrogens with two attached hydrogens (primary N) is 1. The molecule has 15 heteroatoms. The summed E-state index contributed by atoms with van der Waals surface area (Å²) in [6.45, 7) is 1.51. The third-order valence-corrected chi connectivity index (χ3v) is 6.58. The van der Waals surface area contributed by atoms with Crippen molar-refractivity contribution in [1.82, 2.24) is 24.7 Å². The van der Waals surface area contributed by atoms with Crippen molar-refractivity contribution in [3.8, 4) is 5.95 Å². The number of alkyl halides is 5. The quantitative estimate of drug-likeness (QED) is 0.336. The molecule has 0 radical (unpaired) electrons. The number of anilines is 2. The van der Waals surface area contributed by atoms with Crippen LogP contribution in [0.3, 0.4) is 0 Å². The molecule has 8 nitrogen and oxygen atoms in total. The third-order valence-electron chi connectivity index (χ3n) is 6.35. The highest BCUT2D eigenvalue weighted by Crippen LogP contribution is 2.44. The smallest absolute Gasteiger partial charge is 0.383 e. The van der Waals surface area contributed by atoms with E-state index in [-0.39, 0.29) is 50.5 Å². The number of benzene rings is 1. The lowest BCUT2D eigenvalue weighted by molar-refractivity contribution is -0.284. The van der Waals surface area contributed by atoms with Gasteiger partial charge in [0, 0.05) is 16.8 Å². The van der Waals surface area contributed by atoms with Crippen molar-refractivity contribution in [3.63, 3.8) is 0 Å². The maximum absolute atomic E-state index is 13.6. The van der Waals surface area contributed by atoms with E-state index in [9.17, 15) is 31.1 Å². The Morgan fingerprint density at radius 3 is 2.53 bits per heavy atom. The first-order chi connectivity index (χ1) is 17.7. The zero-order valence-electron chi connectivity index (χ0n) is 19.2. The molecule has 4 heterocycles. The second kappa shape index (κ2) is 8.55. The number of aromatic nitrogens is 5. The van der Waals surface area contributed by atoms with Crippen molar-refractivity contribution in [1.29, 1.82) is 0 Å². The lowest BCUT2D eigenvalue weighted by atomic mass is 9.81. The van der Waals surface area contributed by atoms with Gasteiger partial charge >= 0.3 is 12.1 Å². The van der Waals surface area contributed by atoms with Crippen LogP contribution in [-0.2, 0) is 16.6 Å². The number of amides is 1. The van der Waals surface area contributed by atoms with Crippen molar-refractivity contribution in [2.24, 2.45) is 0 Å². The van der Waals surface area contributed by atoms with Gasteiger partial charge in [0.25, 0.3) is 5.95 Å². The molecule has 0 aliphatic carbocycles. The fourth-order valence-corrected chi connectivity index (χ4v) is 4.48. The molecule has 0 bridgehead atoms. The Hall–Kier alpha value is -3.94. The minimum Gasteiger partial charge on any atom is -0.383 e. The van der Waals surface area contributed by atoms with E-state index in [0.717, 1.165) is 16.9 Å². The van der Waals surface area contributed by atoms with Crippen molar-refractivity contribution < 1.29 is 31.1 Å². The molecule has 0 spiro atoms. The number of hydrogen-bond acceptors (Lipinski definition) is 6. The first-order valence-corrected chi connectivity index (χ1v) is 11.3. The Labute approximate surface area is 214 Å². The molecule has 4 aromatic rings. The van der Waals surface area contributed by atoms with Gasteiger partial charge in [-0.15, -0.1) is 0 Å². The molecule has 1 aliphatic heterocycles. The average Bonchev–Trinajstić information content (AvgIpc) is 3.32. The molecule has 1 atom stereocenters. The number of fused-ring (bicyclic) bond motifs is 2. The van der Waals surface area contributed by atoms with Crippen LogP contribution in [-0.4, -0.2) is 42.7 Å². The van der Waals surface area contributed by atoms with Crippen molar-refractivity contribution in [2.45, 2.75) is 37.3 Å². The van der Waals surface area contributed by atoms with Crippen LogP contribution in [0.15, 0.2) is 36.5 Å². The Kier molecular flexibility index (Phi) is 5.78. The number of nitrogens with one attached hydrogen (secondary N) is 1. The Morgan fingerprint density at radius 1 is 1.13 bits per heavy atom. The fourth-order valence-electron chi connectivity index (χ4n) is 4.31. The van der Waals surface area contributed by atoms with Crippen LogP contribution in [0, 0.1) is 5.82 Å². The van der Waals surface area contributed by atoms with E-state index in [1.165, 1.54) is 31.2 Å². The zero-order valence-corrected chi connectivity index (χ0v) is 20.0. The Morgan fingerprint density at radius 2 is 1.87 bits per heavy atom. The average molecular weight is 556 g/mol. The van der Waals surface area contributed by atoms with E-state index in [4.69, 9.17) is 17.3 Å². The number of nitrogen functional groups attached to an aromatic ring is 1. The molecular formula is C23H16ClF6N7O. The lowest BCUT2D eigenvalue weighted by Gasteiger charge is -2.22. The maximum Gasteiger partial charge on any atom is 0.453 e. The molecular weight excluding hydrogens is 540 g/mol. The molecule has 3 aromatic heterocycles. The number of halogens is 7. The largest absolute Gasteiger partial charge is 0.453 e. The van der Waals surface area contributed by atoms with Gasteiger partial charge in [-0.3, -0.25) is 9.78 Å². The first kappa shape index (κ1) is 25.7. The normalized spacial score (nSPS) is 17.6. The van der Waals surface area contributed by atoms with Crippen molar-refractivity contribution in [2.75, 3.05) is 11.1 Å². The summed E-state index contributed by atoms with van der Waals surface area (Å²) in [5.74, 6) is -6.42. The van der Waals surface area contributed by atoms with Crippen molar-refractivity contribution >= 4 is 40.0 Å². The van der Waals surface area contributed by atoms with Gasteiger partial charge in [-0.25, -0.2) is 4.39 Å². The highest BCUT2D eigenvalue weighted by atomic mass is 35.5. The summed E-state index contributed by atoms with van der Waals surface area (Å²) in [7, 11) is 0. The fraction of sp³-hybridized carbons (Fsp3) is 0.261. The van der Waals surface area contributed by atoms with Crippen LogP contribution in [0.5, 0.6) is 0 Å². The van der Waals surface area contributed by atoms with E-state index >= 15 is 0 Å². The van der Waals surface area contributed by atoms with Gasteiger partial charge in [0.2, 0.25) is 5.91 Å². The molecule has 1 amide bonds. The number of aryl methyl sites for hydroxylation is 1. The van der Waals surface area contributed by atoms with Crippen molar-refractivity contribution in [3.05, 3.63) is 64.3 Å². The molecule has 1 aliphatic rings. The topological polar surface area (TPSA) is 112 Å². The van der Waals surface area contributed by atoms with E-state index in [1.807, 2.05) is 0 Å². The molecule has 1 aromatic carbocycles. The molecule has 198 valence electrons. The van der Waals surface area contributed by atoms with Crippen LogP contribution in [0.4, 0.5) is 38.0 Å². The lowest BCUT2D eigenvalue weighted by Crippen LogP contribution is -2.36. The standard InChI is InChI=1S/C23H16ClF6N7O/c1-21(15-5-3-11(25)9-32-15)16-17(31)33-20(35-18(16)34-19(21)38)37-14-4-2-10(24)8-12(14)13(36-37)6-7-22(26,27)23(28,29)30/h2-5,8-9H,6-7H2,1H3,(H3,31,33,34,35,38). The minimum absolute atomic E-state index is 0.00823. The third kappa shape index (κ3) is 3.99. The van der Waals surface area contributed by atoms with Crippen LogP contribution in [0.2, 0.25) is 5.02 Å². The Balaban J connectivity index is 1.60. The maximum atomic E-state index is 13.6. The van der Waals surface area contributed by atoms with Crippen LogP contribution < -0.4 is 11.1 Å². The minimum atomic E-state index is -5.72. The number of carbonyl (C=O) groups excluding carboxylic acids is 1. The predicted molar refractivity (Wildman–Crippen MR) is 125 cm³/mol. The molecule has 0 saturated carbocycles. The summed E-state index contributed by atoms with van der Waals surface area (Å²) in [5, 5.41) is 7.18. The van der Waals surface area contributed by atoms with Crippen LogP contribution >= 0.6 is 11.6 Å². The van der Waals surface area contributed by atoms with E-state index < -0.39 is 42.1 Å². The number of nitrogens with zero attached hydrogens (tertiary/aromatic N) is 5. The highest BCUT2D eigenvalue weighted by molar-refractivity contribution is 6.31. The van der Waals surface area contributed by atoms with Gasteiger partial charge in [0.1, 0.15) is 22.9 Å². The van der Waals surface area contributed by atoms with Crippen LogP contribution in [0.25, 0.3) is 16.9 Å². The summed E-state index contributed by atoms with van der Waals surface area (Å²) in [6.07, 6.45) is -7.05. The van der Waals surface area contributed by atoms with Gasteiger partial charge in [0.15, 0.2) is 0 Å². The van der Waals surface area contributed by atoms with Gasteiger partial charge in [-0.1, -0.05) is 11.6 Å². The summed E-state index contributed by atoms with van der Waals surface area (Å²) >= 11 is 6.03. The van der Waals surface area contributed by atoms with E-state index in [0.29, 0.717) is 0 Å². The Bertz CT molecular complexity index is 1590.